The molecule has 1 aliphatic heterocycles. The first kappa shape index (κ1) is 18.3. The van der Waals surface area contributed by atoms with E-state index in [0.29, 0.717) is 17.4 Å². The van der Waals surface area contributed by atoms with Gasteiger partial charge in [-0.05, 0) is 24.3 Å². The fraction of sp³-hybridized carbons (Fsp3) is 0.235. The van der Waals surface area contributed by atoms with Gasteiger partial charge in [-0.2, -0.15) is 0 Å². The average Bonchev–Trinajstić information content (AvgIpc) is 2.63. The molecule has 0 bridgehead atoms. The van der Waals surface area contributed by atoms with E-state index in [1.807, 2.05) is 48.5 Å². The molecule has 0 aliphatic carbocycles. The predicted octanol–water partition coefficient (Wildman–Crippen LogP) is 3.47. The number of nitrogens with zero attached hydrogens (tertiary/aromatic N) is 2. The minimum absolute atomic E-state index is 0.0722. The second-order valence-corrected chi connectivity index (χ2v) is 7.83. The van der Waals surface area contributed by atoms with E-state index in [-0.39, 0.29) is 17.2 Å². The molecule has 2 N–H and O–H groups in total. The van der Waals surface area contributed by atoms with Crippen LogP contribution < -0.4 is 15.8 Å². The van der Waals surface area contributed by atoms with Crippen LogP contribution in [0.25, 0.3) is 0 Å². The van der Waals surface area contributed by atoms with Crippen LogP contribution in [0.2, 0.25) is 5.02 Å². The van der Waals surface area contributed by atoms with Crippen LogP contribution in [0.3, 0.4) is 0 Å². The number of hydrogen-bond acceptors (Lipinski definition) is 6. The Hall–Kier alpha value is -1.54. The summed E-state index contributed by atoms with van der Waals surface area (Å²) in [5.74, 6) is 0.628. The van der Waals surface area contributed by atoms with Gasteiger partial charge in [-0.25, -0.2) is 0 Å². The molecule has 1 fully saturated rings. The molecule has 1 saturated heterocycles. The number of thiol groups is 1. The largest absolute Gasteiger partial charge is 0.338 e. The predicted molar refractivity (Wildman–Crippen MR) is 109 cm³/mol. The molecule has 2 aromatic rings. The van der Waals surface area contributed by atoms with Gasteiger partial charge in [0.25, 0.3) is 5.91 Å². The third-order valence-corrected chi connectivity index (χ3v) is 5.81. The van der Waals surface area contributed by atoms with Crippen molar-refractivity contribution in [3.05, 3.63) is 59.6 Å². The number of thioether (sulfide) groups is 1. The number of anilines is 2. The van der Waals surface area contributed by atoms with Crippen molar-refractivity contribution in [2.75, 3.05) is 29.4 Å². The maximum Gasteiger partial charge on any atom is 0.252 e. The summed E-state index contributed by atoms with van der Waals surface area (Å²) >= 11 is 12.4. The van der Waals surface area contributed by atoms with Crippen molar-refractivity contribution in [1.29, 1.82) is 0 Å². The molecule has 0 radical (unpaired) electrons. The maximum atomic E-state index is 12.2. The molecule has 1 amide bonds. The third kappa shape index (κ3) is 4.98. The highest BCUT2D eigenvalue weighted by atomic mass is 35.5. The summed E-state index contributed by atoms with van der Waals surface area (Å²) in [6, 6.07) is 17.3. The Labute approximate surface area is 162 Å². The minimum atomic E-state index is -0.119. The Morgan fingerprint density at radius 2 is 1.92 bits per heavy atom. The first-order valence-electron chi connectivity index (χ1n) is 7.76. The van der Waals surface area contributed by atoms with Crippen molar-refractivity contribution < 1.29 is 4.79 Å². The molecule has 1 unspecified atom stereocenters. The van der Waals surface area contributed by atoms with E-state index in [1.54, 1.807) is 17.8 Å². The number of nitrogens with one attached hydrogen (secondary N) is 2. The van der Waals surface area contributed by atoms with E-state index < -0.39 is 0 Å². The topological polar surface area (TPSA) is 47.6 Å². The molecule has 0 spiro atoms. The zero-order valence-electron chi connectivity index (χ0n) is 13.4. The molecule has 0 saturated carbocycles. The van der Waals surface area contributed by atoms with E-state index in [2.05, 4.69) is 33.3 Å². The molecule has 2 aromatic carbocycles. The highest BCUT2D eigenvalue weighted by Gasteiger charge is 2.26. The quantitative estimate of drug-likeness (QED) is 0.535. The van der Waals surface area contributed by atoms with Gasteiger partial charge in [-0.3, -0.25) is 20.5 Å². The Morgan fingerprint density at radius 3 is 2.68 bits per heavy atom. The Bertz CT molecular complexity index is 719. The van der Waals surface area contributed by atoms with Crippen molar-refractivity contribution in [3.63, 3.8) is 0 Å². The molecule has 1 aliphatic rings. The fourth-order valence-electron chi connectivity index (χ4n) is 2.45. The summed E-state index contributed by atoms with van der Waals surface area (Å²) in [5, 5.41) is 0.560. The van der Waals surface area contributed by atoms with Crippen molar-refractivity contribution in [2.45, 2.75) is 4.71 Å². The van der Waals surface area contributed by atoms with E-state index >= 15 is 0 Å². The first-order chi connectivity index (χ1) is 12.1. The van der Waals surface area contributed by atoms with Gasteiger partial charge in [0.1, 0.15) is 4.71 Å². The van der Waals surface area contributed by atoms with E-state index in [9.17, 15) is 4.79 Å². The first-order valence-corrected chi connectivity index (χ1v) is 9.71. The number of halogens is 1. The lowest BCUT2D eigenvalue weighted by Gasteiger charge is -2.40. The summed E-state index contributed by atoms with van der Waals surface area (Å²) < 4.78 is 0.0722. The molecule has 8 heteroatoms. The standard InChI is InChI=1S/C17H19ClN4OS2/c18-14-8-4-5-9-15(14)19-20-16(23)10-21-11-22(17(24)25-12-21)13-6-2-1-3-7-13/h1-9,17,19,24H,10-12H2,(H,20,23). The second kappa shape index (κ2) is 8.71. The van der Waals surface area contributed by atoms with Gasteiger partial charge in [-0.15, -0.1) is 24.4 Å². The molecule has 1 atom stereocenters. The van der Waals surface area contributed by atoms with E-state index in [0.717, 1.165) is 11.6 Å². The number of carbonyl (C=O) groups is 1. The molecule has 25 heavy (non-hydrogen) atoms. The Kier molecular flexibility index (Phi) is 6.36. The molecule has 0 aromatic heterocycles. The van der Waals surface area contributed by atoms with Gasteiger partial charge in [0.15, 0.2) is 0 Å². The highest BCUT2D eigenvalue weighted by molar-refractivity contribution is 8.10. The van der Waals surface area contributed by atoms with Crippen LogP contribution in [0, 0.1) is 0 Å². The third-order valence-electron chi connectivity index (χ3n) is 3.69. The molecular weight excluding hydrogens is 376 g/mol. The number of amides is 1. The Balaban J connectivity index is 1.54. The highest BCUT2D eigenvalue weighted by Crippen LogP contribution is 2.30. The van der Waals surface area contributed by atoms with Crippen molar-refractivity contribution >= 4 is 53.3 Å². The van der Waals surface area contributed by atoms with Gasteiger partial charge in [0.05, 0.1) is 23.9 Å². The summed E-state index contributed by atoms with van der Waals surface area (Å²) in [5.41, 5.74) is 7.32. The van der Waals surface area contributed by atoms with Crippen LogP contribution in [-0.2, 0) is 4.79 Å². The number of carbonyl (C=O) groups excluding carboxylic acids is 1. The summed E-state index contributed by atoms with van der Waals surface area (Å²) in [6.07, 6.45) is 0. The van der Waals surface area contributed by atoms with E-state index in [4.69, 9.17) is 11.6 Å². The lowest BCUT2D eigenvalue weighted by Crippen LogP contribution is -2.49. The monoisotopic (exact) mass is 394 g/mol. The van der Waals surface area contributed by atoms with Crippen LogP contribution in [0.15, 0.2) is 54.6 Å². The number of benzene rings is 2. The maximum absolute atomic E-state index is 12.2. The second-order valence-electron chi connectivity index (χ2n) is 5.55. The number of rotatable bonds is 5. The van der Waals surface area contributed by atoms with Crippen LogP contribution in [0.1, 0.15) is 0 Å². The van der Waals surface area contributed by atoms with Crippen molar-refractivity contribution in [3.8, 4) is 0 Å². The van der Waals surface area contributed by atoms with Crippen molar-refractivity contribution in [1.82, 2.24) is 10.3 Å². The summed E-state index contributed by atoms with van der Waals surface area (Å²) in [4.78, 5) is 16.4. The van der Waals surface area contributed by atoms with Gasteiger partial charge >= 0.3 is 0 Å². The number of hydrogen-bond donors (Lipinski definition) is 3. The van der Waals surface area contributed by atoms with Gasteiger partial charge in [-0.1, -0.05) is 41.9 Å². The molecule has 1 heterocycles. The van der Waals surface area contributed by atoms with Crippen molar-refractivity contribution in [2.24, 2.45) is 0 Å². The minimum Gasteiger partial charge on any atom is -0.338 e. The SMILES string of the molecule is O=C(CN1CSC(S)N(c2ccccc2)C1)NNc1ccccc1Cl. The van der Waals surface area contributed by atoms with E-state index in [1.165, 1.54) is 0 Å². The van der Waals surface area contributed by atoms with Crippen LogP contribution in [0.5, 0.6) is 0 Å². The average molecular weight is 395 g/mol. The smallest absolute Gasteiger partial charge is 0.252 e. The normalized spacial score (nSPS) is 18.0. The lowest BCUT2D eigenvalue weighted by molar-refractivity contribution is -0.121. The lowest BCUT2D eigenvalue weighted by atomic mass is 10.3. The molecular formula is C17H19ClN4OS2. The van der Waals surface area contributed by atoms with Crippen LogP contribution in [0.4, 0.5) is 11.4 Å². The number of hydrazine groups is 1. The Morgan fingerprint density at radius 1 is 1.20 bits per heavy atom. The summed E-state index contributed by atoms with van der Waals surface area (Å²) in [6.45, 7) is 0.930. The van der Waals surface area contributed by atoms with Gasteiger partial charge < -0.3 is 4.90 Å². The number of para-hydroxylation sites is 2. The molecule has 132 valence electrons. The molecule has 5 nitrogen and oxygen atoms in total. The van der Waals surface area contributed by atoms with Crippen LogP contribution >= 0.6 is 36.0 Å². The summed E-state index contributed by atoms with van der Waals surface area (Å²) in [7, 11) is 0. The van der Waals surface area contributed by atoms with Crippen LogP contribution in [-0.4, -0.2) is 34.6 Å². The van der Waals surface area contributed by atoms with Gasteiger partial charge in [0.2, 0.25) is 0 Å². The van der Waals surface area contributed by atoms with Gasteiger partial charge in [0, 0.05) is 11.6 Å². The molecule has 3 rings (SSSR count). The zero-order valence-corrected chi connectivity index (χ0v) is 15.9. The zero-order chi connectivity index (χ0) is 17.6. The fourth-order valence-corrected chi connectivity index (χ4v) is 3.93.